The van der Waals surface area contributed by atoms with E-state index in [9.17, 15) is 4.79 Å². The number of anilines is 5. The van der Waals surface area contributed by atoms with Crippen LogP contribution in [-0.4, -0.2) is 75.5 Å². The van der Waals surface area contributed by atoms with Gasteiger partial charge in [0.15, 0.2) is 11.5 Å². The van der Waals surface area contributed by atoms with E-state index in [-0.39, 0.29) is 5.75 Å². The lowest BCUT2D eigenvalue weighted by Gasteiger charge is -2.34. The topological polar surface area (TPSA) is 102 Å². The maximum absolute atomic E-state index is 14.0. The summed E-state index contributed by atoms with van der Waals surface area (Å²) in [7, 11) is 6.87. The summed E-state index contributed by atoms with van der Waals surface area (Å²) in [5.41, 5.74) is 5.33. The van der Waals surface area contributed by atoms with Crippen molar-refractivity contribution in [2.24, 2.45) is 0 Å². The Kier molecular flexibility index (Phi) is 9.58. The molecule has 0 radical (unpaired) electrons. The number of amides is 1. The van der Waals surface area contributed by atoms with E-state index in [0.29, 0.717) is 29.0 Å². The molecule has 3 aromatic carbocycles. The Morgan fingerprint density at radius 3 is 2.20 bits per heavy atom. The van der Waals surface area contributed by atoms with Gasteiger partial charge in [-0.1, -0.05) is 17.7 Å². The zero-order chi connectivity index (χ0) is 32.1. The number of ether oxygens (including phenoxy) is 4. The fourth-order valence-electron chi connectivity index (χ4n) is 5.55. The molecule has 0 unspecified atom stereocenters. The van der Waals surface area contributed by atoms with Gasteiger partial charge in [-0.25, -0.2) is 14.7 Å². The van der Waals surface area contributed by atoms with Crippen LogP contribution in [-0.2, 0) is 0 Å². The highest BCUT2D eigenvalue weighted by molar-refractivity contribution is 5.98. The van der Waals surface area contributed by atoms with Gasteiger partial charge in [-0.05, 0) is 63.2 Å². The predicted octanol–water partition coefficient (Wildman–Crippen LogP) is 6.26. The van der Waals surface area contributed by atoms with Crippen LogP contribution >= 0.6 is 0 Å². The van der Waals surface area contributed by atoms with Gasteiger partial charge in [-0.15, -0.1) is 0 Å². The Morgan fingerprint density at radius 2 is 1.53 bits per heavy atom. The molecule has 1 aliphatic heterocycles. The van der Waals surface area contributed by atoms with Gasteiger partial charge in [0.2, 0.25) is 5.95 Å². The molecule has 11 nitrogen and oxygen atoms in total. The number of nitrogens with one attached hydrogen (secondary N) is 1. The Morgan fingerprint density at radius 1 is 0.822 bits per heavy atom. The summed E-state index contributed by atoms with van der Waals surface area (Å²) in [6.07, 6.45) is 0.949. The minimum Gasteiger partial charge on any atom is -0.497 e. The predicted molar refractivity (Wildman–Crippen MR) is 176 cm³/mol. The van der Waals surface area contributed by atoms with Crippen molar-refractivity contribution >= 4 is 34.9 Å². The van der Waals surface area contributed by atoms with Gasteiger partial charge < -0.3 is 34.1 Å². The molecular formula is C34H40N6O5. The van der Waals surface area contributed by atoms with Crippen LogP contribution in [0.2, 0.25) is 0 Å². The molecule has 2 heterocycles. The number of aromatic nitrogens is 2. The van der Waals surface area contributed by atoms with Crippen LogP contribution in [0.15, 0.2) is 60.8 Å². The fraction of sp³-hybridized carbons (Fsp3) is 0.324. The van der Waals surface area contributed by atoms with E-state index in [1.54, 1.807) is 44.7 Å². The highest BCUT2D eigenvalue weighted by Gasteiger charge is 2.27. The second-order valence-electron chi connectivity index (χ2n) is 11.0. The summed E-state index contributed by atoms with van der Waals surface area (Å²) in [5, 5.41) is 3.28. The van der Waals surface area contributed by atoms with E-state index in [0.717, 1.165) is 60.0 Å². The van der Waals surface area contributed by atoms with Crippen molar-refractivity contribution in [1.82, 2.24) is 14.9 Å². The number of carbonyl (C=O) groups is 1. The molecular weight excluding hydrogens is 572 g/mol. The maximum atomic E-state index is 14.0. The van der Waals surface area contributed by atoms with E-state index >= 15 is 0 Å². The standard InChI is InChI=1S/C34H40N6O5/c1-22-18-23(2)32(24(3)19-22)40(34(41)45-28-11-9-26(42-5)21-30(28)44-7)31-12-13-35-33(37-31)36-25-8-10-27(29(20-25)43-6)39-16-14-38(4)15-17-39/h8-13,18-21H,14-17H2,1-7H3,(H,35,36,37). The second-order valence-corrected chi connectivity index (χ2v) is 11.0. The van der Waals surface area contributed by atoms with Gasteiger partial charge >= 0.3 is 6.09 Å². The molecule has 11 heteroatoms. The van der Waals surface area contributed by atoms with E-state index in [4.69, 9.17) is 23.9 Å². The molecule has 0 bridgehead atoms. The van der Waals surface area contributed by atoms with Crippen molar-refractivity contribution < 1.29 is 23.7 Å². The molecule has 1 aromatic heterocycles. The molecule has 0 atom stereocenters. The maximum Gasteiger partial charge on any atom is 0.425 e. The highest BCUT2D eigenvalue weighted by Crippen LogP contribution is 2.37. The summed E-state index contributed by atoms with van der Waals surface area (Å²) in [6, 6.07) is 16.7. The van der Waals surface area contributed by atoms with Gasteiger partial charge in [-0.3, -0.25) is 0 Å². The zero-order valence-corrected chi connectivity index (χ0v) is 26.9. The molecule has 0 saturated carbocycles. The Bertz CT molecular complexity index is 1650. The third-order valence-corrected chi connectivity index (χ3v) is 7.76. The summed E-state index contributed by atoms with van der Waals surface area (Å²) < 4.78 is 22.4. The average Bonchev–Trinajstić information content (AvgIpc) is 3.03. The number of likely N-dealkylation sites (N-methyl/N-ethyl adjacent to an activating group) is 1. The quantitative estimate of drug-likeness (QED) is 0.233. The first kappa shape index (κ1) is 31.4. The lowest BCUT2D eigenvalue weighted by Crippen LogP contribution is -2.44. The molecule has 1 N–H and O–H groups in total. The van der Waals surface area contributed by atoms with Crippen LogP contribution in [0.1, 0.15) is 16.7 Å². The first-order valence-electron chi connectivity index (χ1n) is 14.7. The molecule has 0 aliphatic carbocycles. The van der Waals surface area contributed by atoms with Crippen LogP contribution in [0.5, 0.6) is 23.0 Å². The first-order chi connectivity index (χ1) is 21.7. The third-order valence-electron chi connectivity index (χ3n) is 7.76. The van der Waals surface area contributed by atoms with Crippen LogP contribution in [0, 0.1) is 20.8 Å². The molecule has 45 heavy (non-hydrogen) atoms. The van der Waals surface area contributed by atoms with E-state index < -0.39 is 6.09 Å². The van der Waals surface area contributed by atoms with Crippen molar-refractivity contribution in [2.45, 2.75) is 20.8 Å². The fourth-order valence-corrected chi connectivity index (χ4v) is 5.55. The number of piperazine rings is 1. The number of hydrogen-bond donors (Lipinski definition) is 1. The molecule has 0 spiro atoms. The smallest absolute Gasteiger partial charge is 0.425 e. The number of methoxy groups -OCH3 is 3. The van der Waals surface area contributed by atoms with Gasteiger partial charge in [0, 0.05) is 56.3 Å². The number of rotatable bonds is 9. The lowest BCUT2D eigenvalue weighted by molar-refractivity contribution is 0.208. The van der Waals surface area contributed by atoms with Crippen molar-refractivity contribution in [3.8, 4) is 23.0 Å². The van der Waals surface area contributed by atoms with Crippen LogP contribution in [0.4, 0.5) is 33.6 Å². The SMILES string of the molecule is COc1ccc(OC(=O)N(c2ccnc(Nc3ccc(N4CCN(C)CC4)c(OC)c3)n2)c2c(C)cc(C)cc2C)c(OC)c1. The molecule has 236 valence electrons. The van der Waals surface area contributed by atoms with E-state index in [1.165, 1.54) is 12.0 Å². The van der Waals surface area contributed by atoms with Crippen LogP contribution < -0.4 is 34.1 Å². The van der Waals surface area contributed by atoms with Crippen molar-refractivity contribution in [2.75, 3.05) is 69.7 Å². The minimum atomic E-state index is -0.656. The molecule has 4 aromatic rings. The van der Waals surface area contributed by atoms with Gasteiger partial charge in [0.05, 0.1) is 32.7 Å². The first-order valence-corrected chi connectivity index (χ1v) is 14.7. The molecule has 1 fully saturated rings. The van der Waals surface area contributed by atoms with Crippen molar-refractivity contribution in [3.05, 3.63) is 77.5 Å². The van der Waals surface area contributed by atoms with E-state index in [1.807, 2.05) is 51.1 Å². The summed E-state index contributed by atoms with van der Waals surface area (Å²) >= 11 is 0. The Balaban J connectivity index is 1.48. The summed E-state index contributed by atoms with van der Waals surface area (Å²) in [4.78, 5) is 29.3. The molecule has 1 aliphatic rings. The summed E-state index contributed by atoms with van der Waals surface area (Å²) in [6.45, 7) is 9.77. The van der Waals surface area contributed by atoms with Crippen molar-refractivity contribution in [1.29, 1.82) is 0 Å². The molecule has 1 amide bonds. The average molecular weight is 613 g/mol. The minimum absolute atomic E-state index is 0.246. The normalized spacial score (nSPS) is 13.3. The zero-order valence-electron chi connectivity index (χ0n) is 26.9. The lowest BCUT2D eigenvalue weighted by atomic mass is 10.0. The van der Waals surface area contributed by atoms with Gasteiger partial charge in [0.25, 0.3) is 0 Å². The van der Waals surface area contributed by atoms with Crippen LogP contribution in [0.3, 0.4) is 0 Å². The highest BCUT2D eigenvalue weighted by atomic mass is 16.6. The number of benzene rings is 3. The molecule has 5 rings (SSSR count). The van der Waals surface area contributed by atoms with Gasteiger partial charge in [-0.2, -0.15) is 4.98 Å². The monoisotopic (exact) mass is 612 g/mol. The largest absolute Gasteiger partial charge is 0.497 e. The number of carbonyl (C=O) groups excluding carboxylic acids is 1. The number of aryl methyl sites for hydroxylation is 3. The second kappa shape index (κ2) is 13.7. The van der Waals surface area contributed by atoms with Crippen molar-refractivity contribution in [3.63, 3.8) is 0 Å². The third kappa shape index (κ3) is 7.04. The summed E-state index contributed by atoms with van der Waals surface area (Å²) in [5.74, 6) is 2.58. The van der Waals surface area contributed by atoms with Gasteiger partial charge in [0.1, 0.15) is 17.3 Å². The Labute approximate surface area is 264 Å². The number of nitrogens with zero attached hydrogens (tertiary/aromatic N) is 5. The van der Waals surface area contributed by atoms with Crippen LogP contribution in [0.25, 0.3) is 0 Å². The molecule has 1 saturated heterocycles. The van der Waals surface area contributed by atoms with E-state index in [2.05, 4.69) is 27.1 Å². The Hall–Kier alpha value is -5.03. The number of hydrogen-bond acceptors (Lipinski definition) is 10.